The summed E-state index contributed by atoms with van der Waals surface area (Å²) in [6.07, 6.45) is 5.93. The number of rotatable bonds is 1. The van der Waals surface area contributed by atoms with Crippen molar-refractivity contribution >= 4 is 5.97 Å². The minimum absolute atomic E-state index is 0.139. The lowest BCUT2D eigenvalue weighted by molar-refractivity contribution is -0.142. The van der Waals surface area contributed by atoms with Crippen LogP contribution in [0.2, 0.25) is 0 Å². The largest absolute Gasteiger partial charge is 0.481 e. The fourth-order valence-electron chi connectivity index (χ4n) is 2.62. The molecule has 1 heterocycles. The summed E-state index contributed by atoms with van der Waals surface area (Å²) in [4.78, 5) is 11.3. The molecule has 0 radical (unpaired) electrons. The quantitative estimate of drug-likeness (QED) is 0.766. The Kier molecular flexibility index (Phi) is 2.14. The number of carboxylic acid groups (broad SMARTS) is 1. The number of hydrogen-bond acceptors (Lipinski definition) is 1. The molecular formula is C12H17NO2. The van der Waals surface area contributed by atoms with Gasteiger partial charge < -0.3 is 9.67 Å². The van der Waals surface area contributed by atoms with Gasteiger partial charge in [0.2, 0.25) is 0 Å². The number of hydrogen-bond donors (Lipinski definition) is 1. The molecule has 1 N–H and O–H groups in total. The summed E-state index contributed by atoms with van der Waals surface area (Å²) in [7, 11) is 1.95. The van der Waals surface area contributed by atoms with Gasteiger partial charge in [0.05, 0.1) is 5.92 Å². The van der Waals surface area contributed by atoms with Crippen LogP contribution in [0.15, 0.2) is 12.4 Å². The third-order valence-electron chi connectivity index (χ3n) is 3.45. The van der Waals surface area contributed by atoms with Crippen molar-refractivity contribution in [3.63, 3.8) is 0 Å². The van der Waals surface area contributed by atoms with Gasteiger partial charge in [-0.3, -0.25) is 4.79 Å². The van der Waals surface area contributed by atoms with Gasteiger partial charge in [0.25, 0.3) is 0 Å². The lowest BCUT2D eigenvalue weighted by Gasteiger charge is -2.35. The molecule has 1 unspecified atom stereocenters. The Labute approximate surface area is 89.7 Å². The van der Waals surface area contributed by atoms with Crippen molar-refractivity contribution in [1.82, 2.24) is 4.57 Å². The van der Waals surface area contributed by atoms with Gasteiger partial charge in [0.1, 0.15) is 0 Å². The number of fused-ring (bicyclic) bond motifs is 1. The lowest BCUT2D eigenvalue weighted by atomic mass is 9.67. The molecule has 15 heavy (non-hydrogen) atoms. The SMILES string of the molecule is Cn1cc2c(c1)C(C(=O)O)C(C)(C)CC2. The summed E-state index contributed by atoms with van der Waals surface area (Å²) in [5.41, 5.74) is 2.06. The average Bonchev–Trinajstić information content (AvgIpc) is 2.42. The smallest absolute Gasteiger partial charge is 0.311 e. The van der Waals surface area contributed by atoms with E-state index < -0.39 is 5.97 Å². The van der Waals surface area contributed by atoms with Gasteiger partial charge in [0.15, 0.2) is 0 Å². The number of carboxylic acids is 1. The van der Waals surface area contributed by atoms with Crippen LogP contribution in [0.5, 0.6) is 0 Å². The molecule has 0 amide bonds. The zero-order valence-electron chi connectivity index (χ0n) is 9.45. The summed E-state index contributed by atoms with van der Waals surface area (Å²) >= 11 is 0. The van der Waals surface area contributed by atoms with E-state index in [1.807, 2.05) is 37.9 Å². The molecule has 1 aliphatic carbocycles. The van der Waals surface area contributed by atoms with Crippen molar-refractivity contribution in [3.8, 4) is 0 Å². The molecule has 1 aromatic heterocycles. The van der Waals surface area contributed by atoms with Crippen LogP contribution in [0, 0.1) is 5.41 Å². The Morgan fingerprint density at radius 2 is 2.20 bits per heavy atom. The predicted octanol–water partition coefficient (Wildman–Crippen LogP) is 2.17. The molecule has 1 atom stereocenters. The van der Waals surface area contributed by atoms with E-state index in [4.69, 9.17) is 0 Å². The fraction of sp³-hybridized carbons (Fsp3) is 0.583. The first kappa shape index (κ1) is 10.3. The predicted molar refractivity (Wildman–Crippen MR) is 57.9 cm³/mol. The van der Waals surface area contributed by atoms with E-state index in [0.29, 0.717) is 0 Å². The second-order valence-corrected chi connectivity index (χ2v) is 5.16. The summed E-state index contributed by atoms with van der Waals surface area (Å²) in [6.45, 7) is 4.09. The molecule has 0 spiro atoms. The first-order chi connectivity index (χ1) is 6.92. The molecule has 3 heteroatoms. The molecule has 2 rings (SSSR count). The highest BCUT2D eigenvalue weighted by Crippen LogP contribution is 2.45. The summed E-state index contributed by atoms with van der Waals surface area (Å²) in [5, 5.41) is 9.32. The highest BCUT2D eigenvalue weighted by molar-refractivity contribution is 5.78. The van der Waals surface area contributed by atoms with Crippen molar-refractivity contribution in [2.24, 2.45) is 12.5 Å². The van der Waals surface area contributed by atoms with Crippen molar-refractivity contribution in [1.29, 1.82) is 0 Å². The van der Waals surface area contributed by atoms with E-state index in [2.05, 4.69) is 0 Å². The third kappa shape index (κ3) is 1.56. The molecule has 0 fully saturated rings. The molecule has 0 saturated heterocycles. The van der Waals surface area contributed by atoms with Crippen LogP contribution >= 0.6 is 0 Å². The molecular weight excluding hydrogens is 190 g/mol. The van der Waals surface area contributed by atoms with Gasteiger partial charge in [-0.15, -0.1) is 0 Å². The Morgan fingerprint density at radius 1 is 1.53 bits per heavy atom. The van der Waals surface area contributed by atoms with E-state index in [1.165, 1.54) is 5.56 Å². The van der Waals surface area contributed by atoms with E-state index in [9.17, 15) is 9.90 Å². The first-order valence-corrected chi connectivity index (χ1v) is 5.29. The van der Waals surface area contributed by atoms with Gasteiger partial charge >= 0.3 is 5.97 Å². The monoisotopic (exact) mass is 207 g/mol. The minimum Gasteiger partial charge on any atom is -0.481 e. The molecule has 0 aliphatic heterocycles. The standard InChI is InChI=1S/C12H17NO2/c1-12(2)5-4-8-6-13(3)7-9(8)10(12)11(14)15/h6-7,10H,4-5H2,1-3H3,(H,14,15). The molecule has 82 valence electrons. The van der Waals surface area contributed by atoms with Crippen LogP contribution < -0.4 is 0 Å². The van der Waals surface area contributed by atoms with Crippen LogP contribution in [0.3, 0.4) is 0 Å². The third-order valence-corrected chi connectivity index (χ3v) is 3.45. The van der Waals surface area contributed by atoms with Gasteiger partial charge in [-0.1, -0.05) is 13.8 Å². The summed E-state index contributed by atoms with van der Waals surface area (Å²) in [5.74, 6) is -1.06. The number of aliphatic carboxylic acids is 1. The van der Waals surface area contributed by atoms with Crippen molar-refractivity contribution < 1.29 is 9.90 Å². The molecule has 3 nitrogen and oxygen atoms in total. The Hall–Kier alpha value is -1.25. The second kappa shape index (κ2) is 3.12. The number of carbonyl (C=O) groups is 1. The zero-order valence-corrected chi connectivity index (χ0v) is 9.45. The van der Waals surface area contributed by atoms with Gasteiger partial charge in [-0.25, -0.2) is 0 Å². The van der Waals surface area contributed by atoms with E-state index in [0.717, 1.165) is 18.4 Å². The second-order valence-electron chi connectivity index (χ2n) is 5.16. The average molecular weight is 207 g/mol. The Bertz CT molecular complexity index is 404. The van der Waals surface area contributed by atoms with E-state index in [1.54, 1.807) is 0 Å². The van der Waals surface area contributed by atoms with Crippen LogP contribution in [0.4, 0.5) is 0 Å². The van der Waals surface area contributed by atoms with Crippen molar-refractivity contribution in [2.45, 2.75) is 32.6 Å². The minimum atomic E-state index is -0.702. The Balaban J connectivity index is 2.52. The fourth-order valence-corrected chi connectivity index (χ4v) is 2.62. The molecule has 0 aromatic carbocycles. The highest BCUT2D eigenvalue weighted by atomic mass is 16.4. The van der Waals surface area contributed by atoms with Crippen LogP contribution in [0.25, 0.3) is 0 Å². The Morgan fingerprint density at radius 3 is 2.80 bits per heavy atom. The number of aromatic nitrogens is 1. The maximum Gasteiger partial charge on any atom is 0.311 e. The zero-order chi connectivity index (χ0) is 11.2. The maximum absolute atomic E-state index is 11.3. The highest BCUT2D eigenvalue weighted by Gasteiger charge is 2.41. The topological polar surface area (TPSA) is 42.2 Å². The van der Waals surface area contributed by atoms with Crippen LogP contribution in [-0.2, 0) is 18.3 Å². The molecule has 1 aromatic rings. The maximum atomic E-state index is 11.3. The molecule has 0 saturated carbocycles. The summed E-state index contributed by atoms with van der Waals surface area (Å²) in [6, 6.07) is 0. The van der Waals surface area contributed by atoms with Gasteiger partial charge in [-0.2, -0.15) is 0 Å². The van der Waals surface area contributed by atoms with Gasteiger partial charge in [0, 0.05) is 19.4 Å². The van der Waals surface area contributed by atoms with Crippen LogP contribution in [0.1, 0.15) is 37.3 Å². The number of aryl methyl sites for hydroxylation is 2. The summed E-state index contributed by atoms with van der Waals surface area (Å²) < 4.78 is 1.96. The van der Waals surface area contributed by atoms with Gasteiger partial charge in [-0.05, 0) is 29.4 Å². The van der Waals surface area contributed by atoms with Crippen molar-refractivity contribution in [3.05, 3.63) is 23.5 Å². The normalized spacial score (nSPS) is 23.5. The first-order valence-electron chi connectivity index (χ1n) is 5.29. The molecule has 0 bridgehead atoms. The van der Waals surface area contributed by atoms with Crippen molar-refractivity contribution in [2.75, 3.05) is 0 Å². The van der Waals surface area contributed by atoms with Crippen LogP contribution in [-0.4, -0.2) is 15.6 Å². The number of nitrogens with zero attached hydrogens (tertiary/aromatic N) is 1. The lowest BCUT2D eigenvalue weighted by Crippen LogP contribution is -2.33. The van der Waals surface area contributed by atoms with E-state index >= 15 is 0 Å². The molecule has 1 aliphatic rings. The van der Waals surface area contributed by atoms with E-state index in [-0.39, 0.29) is 11.3 Å².